The van der Waals surface area contributed by atoms with E-state index in [1.807, 2.05) is 49.4 Å². The zero-order valence-electron chi connectivity index (χ0n) is 17.4. The molecule has 6 heteroatoms. The predicted molar refractivity (Wildman–Crippen MR) is 117 cm³/mol. The number of carbonyl (C=O) groups is 2. The smallest absolute Gasteiger partial charge is 0.244 e. The SMILES string of the molecule is CCc1cccc(C)c1NC(=O)CN(C(C)=O)c1ccccc1N1CCOCC1. The highest BCUT2D eigenvalue weighted by Crippen LogP contribution is 2.30. The van der Waals surface area contributed by atoms with Crippen molar-refractivity contribution in [1.29, 1.82) is 0 Å². The lowest BCUT2D eigenvalue weighted by molar-refractivity contribution is -0.120. The molecule has 3 rings (SSSR count). The Labute approximate surface area is 172 Å². The third-order valence-electron chi connectivity index (χ3n) is 5.21. The van der Waals surface area contributed by atoms with Gasteiger partial charge in [0.05, 0.1) is 24.6 Å². The van der Waals surface area contributed by atoms with Gasteiger partial charge in [-0.15, -0.1) is 0 Å². The summed E-state index contributed by atoms with van der Waals surface area (Å²) in [5.74, 6) is -0.373. The summed E-state index contributed by atoms with van der Waals surface area (Å²) in [5, 5.41) is 3.02. The van der Waals surface area contributed by atoms with Gasteiger partial charge in [0.1, 0.15) is 6.54 Å². The molecule has 0 atom stereocenters. The normalized spacial score (nSPS) is 13.8. The average molecular weight is 396 g/mol. The van der Waals surface area contributed by atoms with Gasteiger partial charge in [0.25, 0.3) is 0 Å². The number of benzene rings is 2. The van der Waals surface area contributed by atoms with Crippen LogP contribution in [-0.2, 0) is 20.7 Å². The van der Waals surface area contributed by atoms with E-state index in [9.17, 15) is 9.59 Å². The van der Waals surface area contributed by atoms with Crippen LogP contribution in [0.5, 0.6) is 0 Å². The van der Waals surface area contributed by atoms with E-state index in [1.54, 1.807) is 4.90 Å². The van der Waals surface area contributed by atoms with E-state index in [2.05, 4.69) is 17.1 Å². The minimum atomic E-state index is -0.207. The molecule has 0 radical (unpaired) electrons. The van der Waals surface area contributed by atoms with Crippen LogP contribution in [0.25, 0.3) is 0 Å². The number of para-hydroxylation sites is 3. The number of anilines is 3. The second-order valence-corrected chi connectivity index (χ2v) is 7.20. The number of hydrogen-bond acceptors (Lipinski definition) is 4. The van der Waals surface area contributed by atoms with Crippen molar-refractivity contribution in [3.8, 4) is 0 Å². The van der Waals surface area contributed by atoms with Gasteiger partial charge in [-0.25, -0.2) is 0 Å². The van der Waals surface area contributed by atoms with E-state index < -0.39 is 0 Å². The van der Waals surface area contributed by atoms with Crippen LogP contribution in [0.1, 0.15) is 25.0 Å². The molecule has 1 N–H and O–H groups in total. The maximum absolute atomic E-state index is 12.9. The molecule has 1 aliphatic heterocycles. The number of ether oxygens (including phenoxy) is 1. The molecular formula is C23H29N3O3. The Bertz CT molecular complexity index is 875. The molecule has 0 aromatic heterocycles. The number of carbonyl (C=O) groups excluding carboxylic acids is 2. The Hall–Kier alpha value is -2.86. The van der Waals surface area contributed by atoms with Crippen LogP contribution in [0.15, 0.2) is 42.5 Å². The molecule has 154 valence electrons. The van der Waals surface area contributed by atoms with Gasteiger partial charge in [-0.05, 0) is 36.6 Å². The fourth-order valence-electron chi connectivity index (χ4n) is 3.65. The molecule has 0 aliphatic carbocycles. The van der Waals surface area contributed by atoms with Gasteiger partial charge in [0.2, 0.25) is 11.8 Å². The molecule has 1 fully saturated rings. The van der Waals surface area contributed by atoms with Crippen LogP contribution in [0.3, 0.4) is 0 Å². The maximum atomic E-state index is 12.9. The Kier molecular flexibility index (Phi) is 6.88. The fourth-order valence-corrected chi connectivity index (χ4v) is 3.65. The van der Waals surface area contributed by atoms with E-state index >= 15 is 0 Å². The van der Waals surface area contributed by atoms with Crippen LogP contribution in [0.4, 0.5) is 17.1 Å². The topological polar surface area (TPSA) is 61.9 Å². The van der Waals surface area contributed by atoms with Crippen molar-refractivity contribution in [2.24, 2.45) is 0 Å². The van der Waals surface area contributed by atoms with Crippen molar-refractivity contribution >= 4 is 28.9 Å². The summed E-state index contributed by atoms with van der Waals surface area (Å²) in [6.45, 7) is 8.33. The summed E-state index contributed by atoms with van der Waals surface area (Å²) in [6, 6.07) is 13.7. The van der Waals surface area contributed by atoms with Crippen LogP contribution in [0, 0.1) is 6.92 Å². The van der Waals surface area contributed by atoms with Gasteiger partial charge in [0, 0.05) is 25.7 Å². The van der Waals surface area contributed by atoms with Crippen LogP contribution >= 0.6 is 0 Å². The van der Waals surface area contributed by atoms with Gasteiger partial charge in [-0.2, -0.15) is 0 Å². The first-order valence-electron chi connectivity index (χ1n) is 10.1. The molecule has 29 heavy (non-hydrogen) atoms. The van der Waals surface area contributed by atoms with Crippen molar-refractivity contribution in [2.75, 3.05) is 48.0 Å². The van der Waals surface area contributed by atoms with Gasteiger partial charge in [-0.1, -0.05) is 37.3 Å². The standard InChI is InChI=1S/C23H29N3O3/c1-4-19-9-7-8-17(2)23(19)24-22(28)16-26(18(3)27)21-11-6-5-10-20(21)25-12-14-29-15-13-25/h5-11H,4,12-16H2,1-3H3,(H,24,28). The highest BCUT2D eigenvalue weighted by molar-refractivity contribution is 6.04. The number of nitrogens with one attached hydrogen (secondary N) is 1. The van der Waals surface area contributed by atoms with E-state index in [4.69, 9.17) is 4.74 Å². The van der Waals surface area contributed by atoms with Crippen molar-refractivity contribution in [1.82, 2.24) is 0 Å². The Balaban J connectivity index is 1.83. The van der Waals surface area contributed by atoms with Crippen LogP contribution in [-0.4, -0.2) is 44.7 Å². The predicted octanol–water partition coefficient (Wildman–Crippen LogP) is 3.39. The molecule has 0 unspecified atom stereocenters. The number of morpholine rings is 1. The zero-order valence-corrected chi connectivity index (χ0v) is 17.4. The zero-order chi connectivity index (χ0) is 20.8. The minimum Gasteiger partial charge on any atom is -0.378 e. The van der Waals surface area contributed by atoms with E-state index in [0.717, 1.165) is 47.7 Å². The Morgan fingerprint density at radius 2 is 1.83 bits per heavy atom. The number of rotatable bonds is 6. The molecule has 1 saturated heterocycles. The van der Waals surface area contributed by atoms with Crippen molar-refractivity contribution < 1.29 is 14.3 Å². The number of hydrogen-bond donors (Lipinski definition) is 1. The molecule has 2 amide bonds. The Morgan fingerprint density at radius 1 is 1.10 bits per heavy atom. The van der Waals surface area contributed by atoms with Gasteiger partial charge in [0.15, 0.2) is 0 Å². The number of aryl methyl sites for hydroxylation is 2. The molecule has 2 aromatic carbocycles. The lowest BCUT2D eigenvalue weighted by Gasteiger charge is -2.33. The fraction of sp³-hybridized carbons (Fsp3) is 0.391. The average Bonchev–Trinajstić information content (AvgIpc) is 2.74. The van der Waals surface area contributed by atoms with E-state index in [-0.39, 0.29) is 18.4 Å². The first-order chi connectivity index (χ1) is 14.0. The van der Waals surface area contributed by atoms with Gasteiger partial charge >= 0.3 is 0 Å². The molecule has 1 aliphatic rings. The second-order valence-electron chi connectivity index (χ2n) is 7.20. The molecule has 6 nitrogen and oxygen atoms in total. The molecule has 2 aromatic rings. The lowest BCUT2D eigenvalue weighted by atomic mass is 10.1. The summed E-state index contributed by atoms with van der Waals surface area (Å²) in [4.78, 5) is 29.1. The largest absolute Gasteiger partial charge is 0.378 e. The maximum Gasteiger partial charge on any atom is 0.244 e. The summed E-state index contributed by atoms with van der Waals surface area (Å²) < 4.78 is 5.45. The van der Waals surface area contributed by atoms with Crippen molar-refractivity contribution in [3.63, 3.8) is 0 Å². The van der Waals surface area contributed by atoms with Crippen molar-refractivity contribution in [3.05, 3.63) is 53.6 Å². The second kappa shape index (κ2) is 9.56. The van der Waals surface area contributed by atoms with E-state index in [1.165, 1.54) is 6.92 Å². The minimum absolute atomic E-state index is 0.0336. The third-order valence-corrected chi connectivity index (χ3v) is 5.21. The van der Waals surface area contributed by atoms with Crippen LogP contribution in [0.2, 0.25) is 0 Å². The summed E-state index contributed by atoms with van der Waals surface area (Å²) >= 11 is 0. The first-order valence-corrected chi connectivity index (χ1v) is 10.1. The Morgan fingerprint density at radius 3 is 2.52 bits per heavy atom. The van der Waals surface area contributed by atoms with Gasteiger partial charge in [-0.3, -0.25) is 9.59 Å². The molecular weight excluding hydrogens is 366 g/mol. The van der Waals surface area contributed by atoms with Crippen molar-refractivity contribution in [2.45, 2.75) is 27.2 Å². The first kappa shape index (κ1) is 20.9. The molecule has 0 bridgehead atoms. The summed E-state index contributed by atoms with van der Waals surface area (Å²) in [6.07, 6.45) is 0.827. The molecule has 0 spiro atoms. The van der Waals surface area contributed by atoms with Crippen LogP contribution < -0.4 is 15.1 Å². The summed E-state index contributed by atoms with van der Waals surface area (Å²) in [5.41, 5.74) is 4.63. The highest BCUT2D eigenvalue weighted by atomic mass is 16.5. The summed E-state index contributed by atoms with van der Waals surface area (Å²) in [7, 11) is 0. The number of nitrogens with zero attached hydrogens (tertiary/aromatic N) is 2. The molecule has 1 heterocycles. The highest BCUT2D eigenvalue weighted by Gasteiger charge is 2.23. The number of amides is 2. The van der Waals surface area contributed by atoms with E-state index in [0.29, 0.717) is 13.2 Å². The third kappa shape index (κ3) is 4.95. The quantitative estimate of drug-likeness (QED) is 0.815. The van der Waals surface area contributed by atoms with Gasteiger partial charge < -0.3 is 19.9 Å². The molecule has 0 saturated carbocycles. The monoisotopic (exact) mass is 395 g/mol. The lowest BCUT2D eigenvalue weighted by Crippen LogP contribution is -2.40.